The van der Waals surface area contributed by atoms with Crippen LogP contribution < -0.4 is 48.0 Å². The molecule has 0 aliphatic heterocycles. The van der Waals surface area contributed by atoms with E-state index in [0.29, 0.717) is 6.10 Å². The van der Waals surface area contributed by atoms with Gasteiger partial charge in [0.2, 0.25) is 0 Å². The summed E-state index contributed by atoms with van der Waals surface area (Å²) in [6.45, 7) is 12.1. The van der Waals surface area contributed by atoms with E-state index >= 15 is 0 Å². The predicted octanol–water partition coefficient (Wildman–Crippen LogP) is -4.06. The summed E-state index contributed by atoms with van der Waals surface area (Å²) in [6.07, 6.45) is 0.585. The molecular weight excluding hydrogens is 454 g/mol. The van der Waals surface area contributed by atoms with Gasteiger partial charge >= 0.3 is 0 Å². The van der Waals surface area contributed by atoms with Crippen molar-refractivity contribution < 1.29 is 61.7 Å². The molecule has 2 atom stereocenters. The zero-order valence-corrected chi connectivity index (χ0v) is 17.6. The van der Waals surface area contributed by atoms with Gasteiger partial charge in [-0.3, -0.25) is 0 Å². The second-order valence-electron chi connectivity index (χ2n) is 6.13. The van der Waals surface area contributed by atoms with Crippen molar-refractivity contribution in [1.82, 2.24) is 0 Å². The Balaban J connectivity index is -0.00000112. The minimum absolute atomic E-state index is 0. The Morgan fingerprint density at radius 3 is 1.56 bits per heavy atom. The number of nitrogens with zero attached hydrogens (tertiary/aromatic N) is 2. The lowest BCUT2D eigenvalue weighted by molar-refractivity contribution is -0.952. The van der Waals surface area contributed by atoms with Crippen molar-refractivity contribution >= 4 is 0 Å². The second kappa shape index (κ2) is 10.1. The van der Waals surface area contributed by atoms with Gasteiger partial charge in [0.05, 0.1) is 41.3 Å². The molecule has 0 amide bonds. The van der Waals surface area contributed by atoms with E-state index in [0.717, 1.165) is 28.6 Å². The third-order valence-electron chi connectivity index (χ3n) is 3.56. The lowest BCUT2D eigenvalue weighted by atomic mass is 10.3. The molecule has 114 valence electrons. The van der Waals surface area contributed by atoms with Crippen LogP contribution in [0.3, 0.4) is 0 Å². The van der Waals surface area contributed by atoms with Gasteiger partial charge in [0, 0.05) is 6.92 Å². The first-order valence-electron chi connectivity index (χ1n) is 6.44. The molecule has 0 saturated carbocycles. The Kier molecular flexibility index (Phi) is 13.7. The van der Waals surface area contributed by atoms with E-state index in [9.17, 15) is 0 Å². The molecular formula is C13H32I2N2O. The first-order chi connectivity index (χ1) is 7.14. The molecule has 0 rings (SSSR count). The Bertz CT molecular complexity index is 204. The number of hydrogen-bond donors (Lipinski definition) is 0. The monoisotopic (exact) mass is 486 g/mol. The van der Waals surface area contributed by atoms with Gasteiger partial charge in [0.1, 0.15) is 12.6 Å². The van der Waals surface area contributed by atoms with Crippen LogP contribution in [0.4, 0.5) is 0 Å². The van der Waals surface area contributed by atoms with Gasteiger partial charge in [-0.25, -0.2) is 0 Å². The molecule has 2 unspecified atom stereocenters. The summed E-state index contributed by atoms with van der Waals surface area (Å²) in [5, 5.41) is 0. The minimum atomic E-state index is 0. The van der Waals surface area contributed by atoms with E-state index in [-0.39, 0.29) is 54.2 Å². The molecule has 18 heavy (non-hydrogen) atoms. The number of quaternary nitrogens is 2. The predicted molar refractivity (Wildman–Crippen MR) is 70.2 cm³/mol. The van der Waals surface area contributed by atoms with Gasteiger partial charge < -0.3 is 61.7 Å². The Morgan fingerprint density at radius 2 is 1.28 bits per heavy atom. The Hall–Kier alpha value is 1.34. The Labute approximate surface area is 148 Å². The summed E-state index contributed by atoms with van der Waals surface area (Å²) in [6, 6.07) is 0. The summed E-state index contributed by atoms with van der Waals surface area (Å²) < 4.78 is 8.07. The smallest absolute Gasteiger partial charge is 0.190 e. The number of likely N-dealkylation sites (N-methyl/N-ethyl adjacent to an activating group) is 1. The van der Waals surface area contributed by atoms with Gasteiger partial charge in [0.25, 0.3) is 0 Å². The molecule has 0 N–H and O–H groups in total. The highest BCUT2D eigenvalue weighted by Gasteiger charge is 2.28. The van der Waals surface area contributed by atoms with Crippen LogP contribution in [0.5, 0.6) is 0 Å². The Morgan fingerprint density at radius 1 is 0.889 bits per heavy atom. The molecule has 5 heteroatoms. The number of rotatable bonds is 7. The first-order valence-corrected chi connectivity index (χ1v) is 6.44. The molecule has 0 saturated heterocycles. The molecule has 0 aromatic heterocycles. The fourth-order valence-electron chi connectivity index (χ4n) is 2.04. The van der Waals surface area contributed by atoms with Crippen molar-refractivity contribution in [2.75, 3.05) is 47.8 Å². The molecule has 3 nitrogen and oxygen atoms in total. The van der Waals surface area contributed by atoms with E-state index in [4.69, 9.17) is 4.74 Å². The zero-order valence-electron chi connectivity index (χ0n) is 13.3. The summed E-state index contributed by atoms with van der Waals surface area (Å²) in [5.74, 6) is 0. The van der Waals surface area contributed by atoms with Crippen LogP contribution in [0.15, 0.2) is 0 Å². The lowest BCUT2D eigenvalue weighted by Crippen LogP contribution is -3.00. The summed E-state index contributed by atoms with van der Waals surface area (Å²) in [5.41, 5.74) is 0. The van der Waals surface area contributed by atoms with Crippen molar-refractivity contribution in [2.24, 2.45) is 0 Å². The van der Waals surface area contributed by atoms with E-state index in [1.54, 1.807) is 0 Å². The highest BCUT2D eigenvalue weighted by molar-refractivity contribution is 4.49. The van der Waals surface area contributed by atoms with E-state index in [2.05, 4.69) is 55.9 Å². The molecule has 0 aliphatic carbocycles. The maximum Gasteiger partial charge on any atom is 0.190 e. The lowest BCUT2D eigenvalue weighted by Gasteiger charge is -2.39. The molecule has 0 spiro atoms. The maximum atomic E-state index is 6.13. The average molecular weight is 486 g/mol. The van der Waals surface area contributed by atoms with Gasteiger partial charge in [0.15, 0.2) is 6.23 Å². The third-order valence-corrected chi connectivity index (χ3v) is 3.56. The normalized spacial score (nSPS) is 15.3. The van der Waals surface area contributed by atoms with Gasteiger partial charge in [-0.05, 0) is 20.8 Å². The fourth-order valence-corrected chi connectivity index (χ4v) is 2.04. The van der Waals surface area contributed by atoms with Crippen molar-refractivity contribution in [2.45, 2.75) is 40.0 Å². The van der Waals surface area contributed by atoms with Gasteiger partial charge in [-0.2, -0.15) is 0 Å². The van der Waals surface area contributed by atoms with E-state index in [1.165, 1.54) is 0 Å². The molecule has 0 radical (unpaired) electrons. The summed E-state index contributed by atoms with van der Waals surface area (Å²) >= 11 is 0. The standard InChI is InChI=1S/C13H32N2O.2HI/c1-9-15(8,10-2)13(4)16-12(3)11-14(5,6)7;;/h12-13H,9-11H2,1-8H3;2*1H/q+2;;/p-2. The molecule has 0 bridgehead atoms. The minimum Gasteiger partial charge on any atom is -1.00 e. The highest BCUT2D eigenvalue weighted by atomic mass is 127. The molecule has 0 aromatic rings. The third kappa shape index (κ3) is 9.28. The number of ether oxygens (including phenoxy) is 1. The molecule has 0 heterocycles. The van der Waals surface area contributed by atoms with E-state index in [1.807, 2.05) is 0 Å². The van der Waals surface area contributed by atoms with Crippen molar-refractivity contribution in [3.05, 3.63) is 0 Å². The van der Waals surface area contributed by atoms with Crippen LogP contribution in [0.2, 0.25) is 0 Å². The van der Waals surface area contributed by atoms with Crippen molar-refractivity contribution in [3.8, 4) is 0 Å². The number of halogens is 2. The SMILES string of the molecule is CC[N+](C)(CC)C(C)OC(C)C[N+](C)(C)C.[I-].[I-]. The first kappa shape index (κ1) is 24.4. The van der Waals surface area contributed by atoms with Gasteiger partial charge in [-0.1, -0.05) is 0 Å². The van der Waals surface area contributed by atoms with Crippen LogP contribution in [0.1, 0.15) is 27.7 Å². The van der Waals surface area contributed by atoms with Crippen LogP contribution in [-0.4, -0.2) is 69.1 Å². The van der Waals surface area contributed by atoms with Crippen LogP contribution in [-0.2, 0) is 4.74 Å². The van der Waals surface area contributed by atoms with Crippen LogP contribution in [0, 0.1) is 0 Å². The molecule has 0 aromatic carbocycles. The van der Waals surface area contributed by atoms with Crippen molar-refractivity contribution in [3.63, 3.8) is 0 Å². The largest absolute Gasteiger partial charge is 1.00 e. The van der Waals surface area contributed by atoms with Crippen molar-refractivity contribution in [1.29, 1.82) is 0 Å². The molecule has 0 fully saturated rings. The highest BCUT2D eigenvalue weighted by Crippen LogP contribution is 2.13. The molecule has 0 aliphatic rings. The van der Waals surface area contributed by atoms with Crippen LogP contribution in [0.25, 0.3) is 0 Å². The number of hydrogen-bond acceptors (Lipinski definition) is 1. The second-order valence-corrected chi connectivity index (χ2v) is 6.13. The van der Waals surface area contributed by atoms with E-state index < -0.39 is 0 Å². The average Bonchev–Trinajstić information content (AvgIpc) is 2.13. The summed E-state index contributed by atoms with van der Waals surface area (Å²) in [7, 11) is 8.89. The summed E-state index contributed by atoms with van der Waals surface area (Å²) in [4.78, 5) is 0. The fraction of sp³-hybridized carbons (Fsp3) is 1.00. The zero-order chi connectivity index (χ0) is 13.0. The van der Waals surface area contributed by atoms with Gasteiger partial charge in [-0.15, -0.1) is 0 Å². The quantitative estimate of drug-likeness (QED) is 0.202. The maximum absolute atomic E-state index is 6.13. The van der Waals surface area contributed by atoms with Crippen LogP contribution >= 0.6 is 0 Å². The topological polar surface area (TPSA) is 9.23 Å².